The number of alkyl halides is 3. The topological polar surface area (TPSA) is 111 Å². The maximum Gasteiger partial charge on any atom is 0.405 e. The van der Waals surface area contributed by atoms with Crippen molar-refractivity contribution in [1.82, 2.24) is 14.9 Å². The van der Waals surface area contributed by atoms with E-state index in [-0.39, 0.29) is 28.0 Å². The highest BCUT2D eigenvalue weighted by Gasteiger charge is 2.37. The van der Waals surface area contributed by atoms with Crippen molar-refractivity contribution in [3.05, 3.63) is 77.2 Å². The van der Waals surface area contributed by atoms with Crippen LogP contribution >= 0.6 is 11.6 Å². The standard InChI is InChI=1S/C35H36ClF4N5O3Si/c1-20(37)32(46)44-24-13-10-21(11-14-24)29-27(22-12-15-25(26(36)17-22)33(47)43-19-35(38,39)40)28-30(45(29)5)23(18-42-31(28)41)9-8-16-48-49(6,7)34(2,3)4/h10-15,17-18H,1,16,19H2,2-7H3,(H2,41,42)(H,43,47)(H,44,46). The second kappa shape index (κ2) is 14.1. The second-order valence-electron chi connectivity index (χ2n) is 12.8. The molecular formula is C35H36ClF4N5O3Si. The number of aromatic nitrogens is 2. The van der Waals surface area contributed by atoms with Crippen molar-refractivity contribution in [2.24, 2.45) is 7.05 Å². The molecule has 8 nitrogen and oxygen atoms in total. The summed E-state index contributed by atoms with van der Waals surface area (Å²) in [5.74, 6) is 3.34. The summed E-state index contributed by atoms with van der Waals surface area (Å²) < 4.78 is 59.6. The van der Waals surface area contributed by atoms with Crippen molar-refractivity contribution in [1.29, 1.82) is 0 Å². The minimum atomic E-state index is -4.60. The Balaban J connectivity index is 1.89. The molecule has 4 rings (SSSR count). The van der Waals surface area contributed by atoms with Gasteiger partial charge in [-0.3, -0.25) is 9.59 Å². The van der Waals surface area contributed by atoms with Gasteiger partial charge in [0.15, 0.2) is 14.1 Å². The summed E-state index contributed by atoms with van der Waals surface area (Å²) in [5, 5.41) is 4.68. The Kier molecular flexibility index (Phi) is 10.7. The Morgan fingerprint density at radius 3 is 2.31 bits per heavy atom. The van der Waals surface area contributed by atoms with E-state index in [4.69, 9.17) is 21.8 Å². The van der Waals surface area contributed by atoms with Gasteiger partial charge in [0.1, 0.15) is 12.4 Å². The van der Waals surface area contributed by atoms with E-state index in [2.05, 4.69) is 62.6 Å². The molecular weight excluding hydrogens is 678 g/mol. The fraction of sp³-hybridized carbons (Fsp3) is 0.286. The number of halogens is 5. The first-order chi connectivity index (χ1) is 22.7. The Hall–Kier alpha value is -4.64. The molecule has 2 aromatic heterocycles. The molecule has 14 heteroatoms. The maximum atomic E-state index is 13.3. The van der Waals surface area contributed by atoms with E-state index >= 15 is 0 Å². The summed E-state index contributed by atoms with van der Waals surface area (Å²) in [4.78, 5) is 28.8. The molecule has 0 unspecified atom stereocenters. The number of rotatable bonds is 8. The SMILES string of the molecule is C=C(F)C(=O)Nc1ccc(-c2c(-c3ccc(C(=O)NCC(F)(F)F)c(Cl)c3)c3c(N)ncc(C#CCO[Si](C)(C)C(C)(C)C)c3n2C)cc1. The summed E-state index contributed by atoms with van der Waals surface area (Å²) in [6.45, 7) is 12.4. The molecule has 4 aromatic rings. The quantitative estimate of drug-likeness (QED) is 0.0738. The van der Waals surface area contributed by atoms with Crippen LogP contribution in [0.25, 0.3) is 33.3 Å². The Morgan fingerprint density at radius 1 is 1.10 bits per heavy atom. The predicted molar refractivity (Wildman–Crippen MR) is 188 cm³/mol. The zero-order valence-corrected chi connectivity index (χ0v) is 29.6. The zero-order chi connectivity index (χ0) is 36.5. The van der Waals surface area contributed by atoms with Gasteiger partial charge in [-0.1, -0.05) is 69.0 Å². The van der Waals surface area contributed by atoms with Crippen LogP contribution < -0.4 is 16.4 Å². The van der Waals surface area contributed by atoms with Crippen molar-refractivity contribution in [2.45, 2.75) is 45.1 Å². The number of amides is 2. The first kappa shape index (κ1) is 37.2. The van der Waals surface area contributed by atoms with E-state index in [1.54, 1.807) is 43.6 Å². The van der Waals surface area contributed by atoms with E-state index in [1.165, 1.54) is 12.1 Å². The molecule has 2 amide bonds. The molecule has 0 fully saturated rings. The molecule has 0 aliphatic rings. The number of nitrogens with two attached hydrogens (primary N) is 1. The highest BCUT2D eigenvalue weighted by atomic mass is 35.5. The van der Waals surface area contributed by atoms with Gasteiger partial charge < -0.3 is 25.4 Å². The van der Waals surface area contributed by atoms with Gasteiger partial charge in [-0.15, -0.1) is 0 Å². The smallest absolute Gasteiger partial charge is 0.405 e. The van der Waals surface area contributed by atoms with Gasteiger partial charge in [0, 0.05) is 24.5 Å². The highest BCUT2D eigenvalue weighted by Crippen LogP contribution is 2.44. The number of nitrogens with one attached hydrogen (secondary N) is 2. The van der Waals surface area contributed by atoms with E-state index in [9.17, 15) is 27.2 Å². The Labute approximate surface area is 287 Å². The molecule has 0 radical (unpaired) electrons. The zero-order valence-electron chi connectivity index (χ0n) is 27.8. The number of anilines is 2. The fourth-order valence-corrected chi connectivity index (χ4v) is 5.96. The summed E-state index contributed by atoms with van der Waals surface area (Å²) in [5.41, 5.74) is 10.2. The van der Waals surface area contributed by atoms with E-state index in [0.717, 1.165) is 0 Å². The van der Waals surface area contributed by atoms with Crippen LogP contribution in [0.2, 0.25) is 23.2 Å². The maximum absolute atomic E-state index is 13.3. The minimum Gasteiger partial charge on any atom is -0.406 e. The lowest BCUT2D eigenvalue weighted by Crippen LogP contribution is -2.40. The van der Waals surface area contributed by atoms with Gasteiger partial charge >= 0.3 is 6.18 Å². The number of aryl methyl sites for hydroxylation is 1. The van der Waals surface area contributed by atoms with Crippen LogP contribution in [0, 0.1) is 11.8 Å². The molecule has 2 heterocycles. The van der Waals surface area contributed by atoms with Crippen molar-refractivity contribution in [3.8, 4) is 34.2 Å². The van der Waals surface area contributed by atoms with Gasteiger partial charge in [0.2, 0.25) is 0 Å². The van der Waals surface area contributed by atoms with Gasteiger partial charge in [-0.25, -0.2) is 9.37 Å². The monoisotopic (exact) mass is 713 g/mol. The minimum absolute atomic E-state index is 0.000648. The molecule has 0 saturated carbocycles. The van der Waals surface area contributed by atoms with Crippen LogP contribution in [0.5, 0.6) is 0 Å². The molecule has 0 bridgehead atoms. The normalized spacial score (nSPS) is 12.0. The van der Waals surface area contributed by atoms with Gasteiger partial charge in [0.05, 0.1) is 39.4 Å². The first-order valence-corrected chi connectivity index (χ1v) is 18.3. The summed E-state index contributed by atoms with van der Waals surface area (Å²) in [7, 11) is -0.249. The van der Waals surface area contributed by atoms with Crippen LogP contribution in [0.15, 0.2) is 61.1 Å². The van der Waals surface area contributed by atoms with Crippen molar-refractivity contribution in [3.63, 3.8) is 0 Å². The van der Waals surface area contributed by atoms with Crippen molar-refractivity contribution < 1.29 is 31.6 Å². The Bertz CT molecular complexity index is 2010. The number of fused-ring (bicyclic) bond motifs is 1. The van der Waals surface area contributed by atoms with Crippen molar-refractivity contribution >= 4 is 54.1 Å². The van der Waals surface area contributed by atoms with E-state index in [1.807, 2.05) is 9.88 Å². The fourth-order valence-electron chi connectivity index (χ4n) is 4.82. The summed E-state index contributed by atoms with van der Waals surface area (Å²) >= 11 is 6.49. The number of hydrogen-bond acceptors (Lipinski definition) is 5. The number of hydrogen-bond donors (Lipinski definition) is 3. The average molecular weight is 714 g/mol. The van der Waals surface area contributed by atoms with E-state index < -0.39 is 38.7 Å². The number of nitrogen functional groups attached to an aromatic ring is 1. The molecule has 258 valence electrons. The van der Waals surface area contributed by atoms with Gasteiger partial charge in [0.25, 0.3) is 11.8 Å². The third kappa shape index (κ3) is 8.33. The van der Waals surface area contributed by atoms with Gasteiger partial charge in [-0.05, 0) is 53.5 Å². The van der Waals surface area contributed by atoms with Crippen LogP contribution in [0.1, 0.15) is 36.7 Å². The number of nitrogens with zero attached hydrogens (tertiary/aromatic N) is 2. The molecule has 49 heavy (non-hydrogen) atoms. The predicted octanol–water partition coefficient (Wildman–Crippen LogP) is 8.23. The lowest BCUT2D eigenvalue weighted by Gasteiger charge is -2.35. The molecule has 2 aromatic carbocycles. The number of carbonyl (C=O) groups is 2. The molecule has 0 aliphatic carbocycles. The van der Waals surface area contributed by atoms with Crippen LogP contribution in [-0.4, -0.2) is 49.0 Å². The lowest BCUT2D eigenvalue weighted by atomic mass is 9.96. The first-order valence-electron chi connectivity index (χ1n) is 15.0. The van der Waals surface area contributed by atoms with Crippen molar-refractivity contribution in [2.75, 3.05) is 24.2 Å². The molecule has 0 spiro atoms. The van der Waals surface area contributed by atoms with Crippen LogP contribution in [-0.2, 0) is 16.3 Å². The number of benzene rings is 2. The molecule has 0 saturated heterocycles. The number of pyridine rings is 1. The van der Waals surface area contributed by atoms with Crippen LogP contribution in [0.4, 0.5) is 29.1 Å². The summed E-state index contributed by atoms with van der Waals surface area (Å²) in [6.07, 6.45) is -3.03. The molecule has 0 atom stereocenters. The largest absolute Gasteiger partial charge is 0.406 e. The third-order valence-corrected chi connectivity index (χ3v) is 13.2. The third-order valence-electron chi connectivity index (χ3n) is 8.39. The molecule has 4 N–H and O–H groups in total. The van der Waals surface area contributed by atoms with Gasteiger partial charge in [-0.2, -0.15) is 13.2 Å². The second-order valence-corrected chi connectivity index (χ2v) is 18.1. The highest BCUT2D eigenvalue weighted by molar-refractivity contribution is 6.74. The lowest BCUT2D eigenvalue weighted by molar-refractivity contribution is -0.123. The van der Waals surface area contributed by atoms with Crippen LogP contribution in [0.3, 0.4) is 0 Å². The Morgan fingerprint density at radius 2 is 1.73 bits per heavy atom. The summed E-state index contributed by atoms with van der Waals surface area (Å²) in [6, 6.07) is 10.9. The average Bonchev–Trinajstić information content (AvgIpc) is 3.32. The number of carbonyl (C=O) groups excluding carboxylic acids is 2. The molecule has 0 aliphatic heterocycles. The van der Waals surface area contributed by atoms with E-state index in [0.29, 0.717) is 44.5 Å².